The van der Waals surface area contributed by atoms with Gasteiger partial charge in [-0.2, -0.15) is 26.3 Å². The summed E-state index contributed by atoms with van der Waals surface area (Å²) in [5.74, 6) is 0.882. The fourth-order valence-electron chi connectivity index (χ4n) is 3.23. The molecule has 0 aliphatic carbocycles. The Balaban J connectivity index is 1.87. The van der Waals surface area contributed by atoms with Crippen LogP contribution in [0, 0.1) is 0 Å². The molecule has 3 rings (SSSR count). The Kier molecular flexibility index (Phi) is 7.53. The fourth-order valence-corrected chi connectivity index (χ4v) is 3.23. The average molecular weight is 469 g/mol. The van der Waals surface area contributed by atoms with Crippen molar-refractivity contribution in [3.63, 3.8) is 0 Å². The number of benzene rings is 3. The molecule has 0 spiro atoms. The van der Waals surface area contributed by atoms with Gasteiger partial charge in [0.05, 0.1) is 13.0 Å². The fraction of sp³-hybridized carbons (Fsp3) is 0.250. The molecular weight excluding hydrogens is 448 g/mol. The van der Waals surface area contributed by atoms with Crippen molar-refractivity contribution in [3.8, 4) is 11.5 Å². The lowest BCUT2D eigenvalue weighted by Crippen LogP contribution is -2.40. The molecule has 1 unspecified atom stereocenters. The molecule has 9 heteroatoms. The van der Waals surface area contributed by atoms with Gasteiger partial charge in [0.15, 0.2) is 6.10 Å². The number of hydrogen-bond acceptors (Lipinski definition) is 3. The van der Waals surface area contributed by atoms with E-state index in [1.807, 2.05) is 0 Å². The minimum atomic E-state index is -4.85. The van der Waals surface area contributed by atoms with Crippen LogP contribution in [-0.2, 0) is 13.0 Å². The van der Waals surface area contributed by atoms with Crippen molar-refractivity contribution in [1.82, 2.24) is 0 Å². The molecule has 3 nitrogen and oxygen atoms in total. The van der Waals surface area contributed by atoms with Gasteiger partial charge in [-0.15, -0.1) is 0 Å². The van der Waals surface area contributed by atoms with Crippen LogP contribution in [0.3, 0.4) is 0 Å². The van der Waals surface area contributed by atoms with E-state index in [1.54, 1.807) is 48.5 Å². The molecule has 0 radical (unpaired) electrons. The van der Waals surface area contributed by atoms with Crippen molar-refractivity contribution in [2.75, 3.05) is 11.4 Å². The standard InChI is InChI=1S/C24H21F6NO2/c25-23(26,27)14-17-6-4-7-18(12-17)15-31(16-22(32)24(28,29)30)19-8-5-11-21(13-19)33-20-9-2-1-3-10-20/h1-13,22,32H,14-16H2. The summed E-state index contributed by atoms with van der Waals surface area (Å²) in [4.78, 5) is 1.25. The number of alkyl halides is 6. The van der Waals surface area contributed by atoms with Gasteiger partial charge < -0.3 is 14.7 Å². The van der Waals surface area contributed by atoms with Gasteiger partial charge in [0, 0.05) is 18.3 Å². The number of ether oxygens (including phenoxy) is 1. The summed E-state index contributed by atoms with van der Waals surface area (Å²) in [5.41, 5.74) is 0.686. The zero-order valence-electron chi connectivity index (χ0n) is 17.3. The van der Waals surface area contributed by atoms with Gasteiger partial charge in [-0.05, 0) is 35.4 Å². The van der Waals surface area contributed by atoms with Gasteiger partial charge in [0.25, 0.3) is 0 Å². The second-order valence-electron chi connectivity index (χ2n) is 7.46. The van der Waals surface area contributed by atoms with E-state index in [1.165, 1.54) is 35.2 Å². The predicted molar refractivity (Wildman–Crippen MR) is 112 cm³/mol. The van der Waals surface area contributed by atoms with E-state index in [2.05, 4.69) is 0 Å². The summed E-state index contributed by atoms with van der Waals surface area (Å²) in [6, 6.07) is 20.6. The average Bonchev–Trinajstić information content (AvgIpc) is 2.72. The van der Waals surface area contributed by atoms with E-state index in [0.717, 1.165) is 0 Å². The third-order valence-corrected chi connectivity index (χ3v) is 4.70. The van der Waals surface area contributed by atoms with E-state index >= 15 is 0 Å². The molecule has 0 bridgehead atoms. The molecule has 1 atom stereocenters. The number of aliphatic hydroxyl groups is 1. The highest BCUT2D eigenvalue weighted by molar-refractivity contribution is 5.52. The highest BCUT2D eigenvalue weighted by Gasteiger charge is 2.39. The number of halogens is 6. The van der Waals surface area contributed by atoms with Gasteiger partial charge in [-0.1, -0.05) is 48.5 Å². The Bertz CT molecular complexity index is 1040. The van der Waals surface area contributed by atoms with Gasteiger partial charge >= 0.3 is 12.4 Å². The van der Waals surface area contributed by atoms with Crippen LogP contribution in [-0.4, -0.2) is 30.1 Å². The van der Waals surface area contributed by atoms with Gasteiger partial charge in [0.2, 0.25) is 0 Å². The Morgan fingerprint density at radius 3 is 2.06 bits per heavy atom. The smallest absolute Gasteiger partial charge is 0.416 e. The molecule has 0 fully saturated rings. The maximum absolute atomic E-state index is 13.1. The maximum Gasteiger partial charge on any atom is 0.416 e. The highest BCUT2D eigenvalue weighted by Crippen LogP contribution is 2.29. The minimum absolute atomic E-state index is 0.00233. The Morgan fingerprint density at radius 2 is 1.39 bits per heavy atom. The normalized spacial score (nSPS) is 12.9. The largest absolute Gasteiger partial charge is 0.457 e. The second kappa shape index (κ2) is 10.2. The van der Waals surface area contributed by atoms with Crippen molar-refractivity contribution in [1.29, 1.82) is 0 Å². The first-order chi connectivity index (χ1) is 15.5. The van der Waals surface area contributed by atoms with Crippen molar-refractivity contribution in [2.45, 2.75) is 31.4 Å². The summed E-state index contributed by atoms with van der Waals surface area (Å²) in [6.45, 7) is -0.949. The number of nitrogens with zero attached hydrogens (tertiary/aromatic N) is 1. The number of anilines is 1. The molecule has 0 saturated carbocycles. The quantitative estimate of drug-likeness (QED) is 0.382. The minimum Gasteiger partial charge on any atom is -0.457 e. The number of para-hydroxylation sites is 1. The van der Waals surface area contributed by atoms with Crippen molar-refractivity contribution >= 4 is 5.69 Å². The SMILES string of the molecule is OC(CN(Cc1cccc(CC(F)(F)F)c1)c1cccc(Oc2ccccc2)c1)C(F)(F)F. The lowest BCUT2D eigenvalue weighted by Gasteiger charge is -2.29. The molecule has 0 saturated heterocycles. The zero-order chi connectivity index (χ0) is 24.1. The first-order valence-electron chi connectivity index (χ1n) is 9.97. The van der Waals surface area contributed by atoms with Crippen LogP contribution in [0.4, 0.5) is 32.0 Å². The predicted octanol–water partition coefficient (Wildman–Crippen LogP) is 6.51. The first-order valence-corrected chi connectivity index (χ1v) is 9.97. The number of aliphatic hydroxyl groups excluding tert-OH is 1. The summed E-state index contributed by atoms with van der Waals surface area (Å²) in [5, 5.41) is 9.66. The molecule has 3 aromatic rings. The Morgan fingerprint density at radius 1 is 0.758 bits per heavy atom. The molecule has 176 valence electrons. The summed E-state index contributed by atoms with van der Waals surface area (Å²) >= 11 is 0. The number of hydrogen-bond donors (Lipinski definition) is 1. The van der Waals surface area contributed by atoms with E-state index in [-0.39, 0.29) is 12.1 Å². The molecular formula is C24H21F6NO2. The first kappa shape index (κ1) is 24.4. The van der Waals surface area contributed by atoms with Crippen molar-refractivity contribution in [2.24, 2.45) is 0 Å². The molecule has 0 aliphatic heterocycles. The van der Waals surface area contributed by atoms with Gasteiger partial charge in [0.1, 0.15) is 11.5 Å². The van der Waals surface area contributed by atoms with Crippen molar-refractivity contribution < 1.29 is 36.2 Å². The van der Waals surface area contributed by atoms with E-state index < -0.39 is 31.4 Å². The van der Waals surface area contributed by atoms with Gasteiger partial charge in [-0.25, -0.2) is 0 Å². The summed E-state index contributed by atoms with van der Waals surface area (Å²) in [6.07, 6.45) is -13.1. The molecule has 33 heavy (non-hydrogen) atoms. The molecule has 0 aromatic heterocycles. The van der Waals surface area contributed by atoms with Crippen LogP contribution >= 0.6 is 0 Å². The number of rotatable bonds is 8. The summed E-state index contributed by atoms with van der Waals surface area (Å²) < 4.78 is 83.1. The highest BCUT2D eigenvalue weighted by atomic mass is 19.4. The molecule has 0 aliphatic rings. The molecule has 3 aromatic carbocycles. The maximum atomic E-state index is 13.1. The third-order valence-electron chi connectivity index (χ3n) is 4.70. The van der Waals surface area contributed by atoms with Crippen LogP contribution in [0.25, 0.3) is 0 Å². The van der Waals surface area contributed by atoms with Crippen LogP contribution < -0.4 is 9.64 Å². The summed E-state index contributed by atoms with van der Waals surface area (Å²) in [7, 11) is 0. The van der Waals surface area contributed by atoms with E-state index in [9.17, 15) is 31.4 Å². The van der Waals surface area contributed by atoms with Crippen LogP contribution in [0.2, 0.25) is 0 Å². The lowest BCUT2D eigenvalue weighted by molar-refractivity contribution is -0.200. The molecule has 1 N–H and O–H groups in total. The Hall–Kier alpha value is -3.20. The van der Waals surface area contributed by atoms with Crippen molar-refractivity contribution in [3.05, 3.63) is 90.0 Å². The van der Waals surface area contributed by atoms with Crippen LogP contribution in [0.5, 0.6) is 11.5 Å². The zero-order valence-corrected chi connectivity index (χ0v) is 17.3. The van der Waals surface area contributed by atoms with E-state index in [0.29, 0.717) is 22.7 Å². The topological polar surface area (TPSA) is 32.7 Å². The molecule has 0 amide bonds. The van der Waals surface area contributed by atoms with Crippen LogP contribution in [0.15, 0.2) is 78.9 Å². The molecule has 0 heterocycles. The monoisotopic (exact) mass is 469 g/mol. The Labute approximate surface area is 186 Å². The van der Waals surface area contributed by atoms with Crippen LogP contribution in [0.1, 0.15) is 11.1 Å². The third kappa shape index (κ3) is 7.71. The van der Waals surface area contributed by atoms with Gasteiger partial charge in [-0.3, -0.25) is 0 Å². The lowest BCUT2D eigenvalue weighted by atomic mass is 10.1. The second-order valence-corrected chi connectivity index (χ2v) is 7.46. The van der Waals surface area contributed by atoms with E-state index in [4.69, 9.17) is 4.74 Å².